The summed E-state index contributed by atoms with van der Waals surface area (Å²) in [6.07, 6.45) is 4.20. The molecule has 3 aliphatic rings. The number of alkyl carbamates (subject to hydrolysis) is 2. The maximum Gasteiger partial charge on any atom is 0.407 e. The van der Waals surface area contributed by atoms with Crippen LogP contribution in [-0.2, 0) is 30.4 Å². The van der Waals surface area contributed by atoms with E-state index in [9.17, 15) is 19.2 Å². The third-order valence-corrected chi connectivity index (χ3v) is 13.8. The van der Waals surface area contributed by atoms with Crippen LogP contribution in [0.5, 0.6) is 5.75 Å². The third-order valence-electron chi connectivity index (χ3n) is 13.8. The molecule has 4 amide bonds. The molecule has 3 aliphatic heterocycles. The number of benzene rings is 3. The van der Waals surface area contributed by atoms with Crippen molar-refractivity contribution in [3.05, 3.63) is 65.9 Å². The molecule has 2 aromatic heterocycles. The van der Waals surface area contributed by atoms with Gasteiger partial charge >= 0.3 is 12.2 Å². The number of imidazole rings is 2. The van der Waals surface area contributed by atoms with Crippen molar-refractivity contribution in [2.75, 3.05) is 34.5 Å². The third kappa shape index (κ3) is 8.35. The fourth-order valence-electron chi connectivity index (χ4n) is 9.77. The van der Waals surface area contributed by atoms with Gasteiger partial charge in [-0.25, -0.2) is 19.6 Å². The van der Waals surface area contributed by atoms with Crippen molar-refractivity contribution in [2.45, 2.75) is 104 Å². The minimum absolute atomic E-state index is 0.0201. The molecule has 3 aromatic carbocycles. The molecule has 0 aliphatic carbocycles. The molecule has 340 valence electrons. The standard InChI is InChI=1S/C48H60N8O8/c1-9-25(3)40(53-47(59)62-7)45(57)55-22-28(23-61-6)17-38(55)44-50-35-15-13-29-19-34-32-14-12-30(18-31(32)24-64-39(34)20-33(29)42(35)52-44)36-21-49-43(51-36)37-16-11-27(5)56(37)46(58)41(26(4)10-2)54-48(60)63-8/h12-15,18-21,25-28,37-38,40-41H,9-11,16-17,22-24H2,1-8H3,(H,49,51)(H,50,52)(H,53,59)(H,54,60)/t25-,26-,27-,28-,37-,38-,40-,41-/m0/s1. The first kappa shape index (κ1) is 44.4. The zero-order valence-corrected chi connectivity index (χ0v) is 37.9. The van der Waals surface area contributed by atoms with Gasteiger partial charge in [0.25, 0.3) is 0 Å². The number of fused-ring (bicyclic) bond motifs is 6. The molecule has 2 saturated heterocycles. The van der Waals surface area contributed by atoms with Crippen molar-refractivity contribution in [3.8, 4) is 28.1 Å². The first-order valence-electron chi connectivity index (χ1n) is 22.5. The first-order chi connectivity index (χ1) is 30.9. The predicted octanol–water partition coefficient (Wildman–Crippen LogP) is 7.80. The van der Waals surface area contributed by atoms with Crippen molar-refractivity contribution in [1.29, 1.82) is 0 Å². The SMILES string of the molecule is CC[C@H](C)[C@H](NC(=O)OC)C(=O)N1C[C@@H](COC)C[C@H]1c1nc2ccc3cc4c(cc3c2[nH]1)OCc1cc(-c2cnc([C@@H]3CC[C@H](C)N3C(=O)[C@@H](NC(=O)OC)[C@@H](C)CC)[nH]2)ccc1-4. The molecule has 16 heteroatoms. The maximum absolute atomic E-state index is 14.2. The summed E-state index contributed by atoms with van der Waals surface area (Å²) < 4.78 is 21.7. The average molecular weight is 877 g/mol. The number of rotatable bonds is 13. The summed E-state index contributed by atoms with van der Waals surface area (Å²) in [5.74, 6) is 1.75. The highest BCUT2D eigenvalue weighted by Crippen LogP contribution is 2.44. The van der Waals surface area contributed by atoms with Crippen LogP contribution in [0.4, 0.5) is 9.59 Å². The number of aromatic nitrogens is 4. The number of hydrogen-bond donors (Lipinski definition) is 4. The largest absolute Gasteiger partial charge is 0.488 e. The topological polar surface area (TPSA) is 193 Å². The molecular weight excluding hydrogens is 817 g/mol. The van der Waals surface area contributed by atoms with E-state index in [0.29, 0.717) is 44.2 Å². The van der Waals surface area contributed by atoms with E-state index in [2.05, 4.69) is 57.0 Å². The van der Waals surface area contributed by atoms with Gasteiger partial charge in [0.05, 0.1) is 55.8 Å². The van der Waals surface area contributed by atoms with Crippen LogP contribution in [0.3, 0.4) is 0 Å². The molecule has 0 bridgehead atoms. The van der Waals surface area contributed by atoms with E-state index in [1.165, 1.54) is 14.2 Å². The van der Waals surface area contributed by atoms with E-state index in [1.807, 2.05) is 56.7 Å². The smallest absolute Gasteiger partial charge is 0.407 e. The van der Waals surface area contributed by atoms with E-state index < -0.39 is 24.3 Å². The van der Waals surface area contributed by atoms with Gasteiger partial charge in [-0.1, -0.05) is 58.7 Å². The number of ether oxygens (including phenoxy) is 4. The summed E-state index contributed by atoms with van der Waals surface area (Å²) in [4.78, 5) is 73.5. The molecule has 0 radical (unpaired) electrons. The number of H-pyrrole nitrogens is 2. The van der Waals surface area contributed by atoms with Gasteiger partial charge in [0.15, 0.2) is 0 Å². The van der Waals surface area contributed by atoms with Crippen molar-refractivity contribution >= 4 is 45.8 Å². The van der Waals surface area contributed by atoms with Crippen LogP contribution in [-0.4, -0.2) is 106 Å². The number of aromatic amines is 2. The lowest BCUT2D eigenvalue weighted by Crippen LogP contribution is -2.53. The summed E-state index contributed by atoms with van der Waals surface area (Å²) >= 11 is 0. The summed E-state index contributed by atoms with van der Waals surface area (Å²) in [6.45, 7) is 11.3. The van der Waals surface area contributed by atoms with Gasteiger partial charge in [0, 0.05) is 36.6 Å². The Morgan fingerprint density at radius 1 is 0.859 bits per heavy atom. The molecule has 2 fully saturated rings. The lowest BCUT2D eigenvalue weighted by atomic mass is 9.92. The lowest BCUT2D eigenvalue weighted by molar-refractivity contribution is -0.137. The Hall–Kier alpha value is -6.16. The van der Waals surface area contributed by atoms with Crippen LogP contribution in [0.15, 0.2) is 48.7 Å². The van der Waals surface area contributed by atoms with Crippen LogP contribution >= 0.6 is 0 Å². The Labute approximate surface area is 373 Å². The molecule has 0 saturated carbocycles. The molecular formula is C48H60N8O8. The monoisotopic (exact) mass is 876 g/mol. The summed E-state index contributed by atoms with van der Waals surface area (Å²) in [6, 6.07) is 12.5. The highest BCUT2D eigenvalue weighted by Gasteiger charge is 2.43. The summed E-state index contributed by atoms with van der Waals surface area (Å²) in [7, 11) is 4.26. The number of likely N-dealkylation sites (tertiary alicyclic amines) is 2. The number of nitrogens with one attached hydrogen (secondary N) is 4. The Bertz CT molecular complexity index is 2550. The van der Waals surface area contributed by atoms with E-state index in [-0.39, 0.29) is 47.7 Å². The number of hydrogen-bond acceptors (Lipinski definition) is 10. The fraction of sp³-hybridized carbons (Fsp3) is 0.500. The Balaban J connectivity index is 1.05. The predicted molar refractivity (Wildman–Crippen MR) is 241 cm³/mol. The maximum atomic E-state index is 14.2. The minimum Gasteiger partial charge on any atom is -0.488 e. The van der Waals surface area contributed by atoms with Gasteiger partial charge in [-0.05, 0) is 84.4 Å². The molecule has 8 rings (SSSR count). The van der Waals surface area contributed by atoms with E-state index in [0.717, 1.165) is 74.8 Å². The normalized spacial score (nSPS) is 21.1. The van der Waals surface area contributed by atoms with E-state index in [4.69, 9.17) is 28.9 Å². The molecule has 0 spiro atoms. The van der Waals surface area contributed by atoms with Crippen LogP contribution in [0, 0.1) is 17.8 Å². The van der Waals surface area contributed by atoms with Gasteiger partial charge < -0.3 is 49.3 Å². The number of amides is 4. The van der Waals surface area contributed by atoms with Crippen LogP contribution in [0.25, 0.3) is 44.2 Å². The second kappa shape index (κ2) is 18.5. The van der Waals surface area contributed by atoms with E-state index >= 15 is 0 Å². The van der Waals surface area contributed by atoms with Crippen LogP contribution in [0.1, 0.15) is 96.0 Å². The highest BCUT2D eigenvalue weighted by molar-refractivity contribution is 6.07. The Morgan fingerprint density at radius 2 is 1.58 bits per heavy atom. The van der Waals surface area contributed by atoms with Gasteiger partial charge in [-0.3, -0.25) is 9.59 Å². The van der Waals surface area contributed by atoms with Crippen LogP contribution in [0.2, 0.25) is 0 Å². The second-order valence-electron chi connectivity index (χ2n) is 17.7. The summed E-state index contributed by atoms with van der Waals surface area (Å²) in [5, 5.41) is 7.53. The van der Waals surface area contributed by atoms with Gasteiger partial charge in [-0.2, -0.15) is 0 Å². The minimum atomic E-state index is -0.748. The van der Waals surface area contributed by atoms with Crippen molar-refractivity contribution < 1.29 is 38.1 Å². The van der Waals surface area contributed by atoms with Gasteiger partial charge in [-0.15, -0.1) is 0 Å². The molecule has 16 nitrogen and oxygen atoms in total. The van der Waals surface area contributed by atoms with Gasteiger partial charge in [0.1, 0.15) is 36.1 Å². The fourth-order valence-corrected chi connectivity index (χ4v) is 9.77. The average Bonchev–Trinajstić information content (AvgIpc) is 4.14. The molecule has 5 heterocycles. The molecule has 8 atom stereocenters. The lowest BCUT2D eigenvalue weighted by Gasteiger charge is -2.33. The number of methoxy groups -OCH3 is 3. The number of nitrogens with zero attached hydrogens (tertiary/aromatic N) is 4. The quantitative estimate of drug-likeness (QED) is 0.0908. The zero-order chi connectivity index (χ0) is 45.4. The van der Waals surface area contributed by atoms with Crippen molar-refractivity contribution in [3.63, 3.8) is 0 Å². The molecule has 5 aromatic rings. The Morgan fingerprint density at radius 3 is 2.27 bits per heavy atom. The number of carbonyl (C=O) groups is 4. The van der Waals surface area contributed by atoms with Crippen molar-refractivity contribution in [2.24, 2.45) is 17.8 Å². The molecule has 64 heavy (non-hydrogen) atoms. The molecule has 4 N–H and O–H groups in total. The van der Waals surface area contributed by atoms with E-state index in [1.54, 1.807) is 7.11 Å². The highest BCUT2D eigenvalue weighted by atomic mass is 16.5. The first-order valence-corrected chi connectivity index (χ1v) is 22.5. The van der Waals surface area contributed by atoms with Crippen molar-refractivity contribution in [1.82, 2.24) is 40.4 Å². The summed E-state index contributed by atoms with van der Waals surface area (Å²) in [5.41, 5.74) is 6.53. The second-order valence-corrected chi connectivity index (χ2v) is 17.7. The molecule has 0 unspecified atom stereocenters. The van der Waals surface area contributed by atoms with Gasteiger partial charge in [0.2, 0.25) is 11.8 Å². The number of carbonyl (C=O) groups excluding carboxylic acids is 4. The van der Waals surface area contributed by atoms with Crippen LogP contribution < -0.4 is 15.4 Å². The zero-order valence-electron chi connectivity index (χ0n) is 37.9. The Kier molecular flexibility index (Phi) is 12.9.